The van der Waals surface area contributed by atoms with Crippen molar-refractivity contribution in [2.45, 2.75) is 360 Å². The molecule has 13 fully saturated rings. The number of aromatic hydroxyl groups is 5. The van der Waals surface area contributed by atoms with E-state index in [4.69, 9.17) is 28.4 Å². The standard InChI is InChI=1S/C29H41NO4.C25H35NO4.C25H33NO4.C22H27NO.C19H27NO/c1-25(2,3)26(4,32)20-15-27-10-11-29(20,33-5)24-28(27)12-13-30(16-17-6-7-17)21(27)14-18-8-9-19(31)23(34-24)22(18)28;2*1-5-8-22(2,28)17-14-23-9-10-25(17,29-4)21-24(23)11-12-26(3)18(23)13-15-6-7-16(27)20(30-21)19(15)24;1-16-21-14-18-8-9-19(24)15-20(18)22(16,2)11-13-23(21)12-10-17-6-4-3-5-7-17;1-13(2)7-9-20-10-8-19(4)14(3)18(20)11-15-5-6-16(21)12-17(15)19/h8-9,17,20-21,24,31-32H,6-7,10-16H2,1-5H3;6-7,17-18,21,27-28H,5,8-14H2,1-4H3;6-7,9-10,17-18,21,27-28H,5,8,11-14H2,1-4H3;3-9,15-16,21,24H,10-14H2,1-2H3;5-7,12,14,18,21H,8-11H2,1-4H3. The highest BCUT2D eigenvalue weighted by atomic mass is 16.6. The molecule has 0 aromatic heterocycles. The normalized spacial score (nSPS) is 39.9. The topological polar surface area (TPSA) is 233 Å². The predicted molar refractivity (Wildman–Crippen MR) is 544 cm³/mol. The van der Waals surface area contributed by atoms with E-state index < -0.39 is 33.6 Å². The van der Waals surface area contributed by atoms with E-state index in [9.17, 15) is 40.9 Å². The molecule has 27 unspecified atom stereocenters. The molecule has 139 heavy (non-hydrogen) atoms. The lowest BCUT2D eigenvalue weighted by molar-refractivity contribution is -0.312. The number of piperidine rings is 5. The SMILES string of the molecule is CC(C)=CCN1CCC2(C)c3cc(O)ccc3CC1C2C.CC1C2Cc3ccc(O)cc3C1(C)CCN2CCc1ccccc1.CCCC(C)(O)C1CC23C=CC1(OC)C1Oc4c(O)ccc5c4C12CCN(C)C3C5.CCCC(C)(O)C1CC23CCC1(OC)C1Oc4c(O)ccc5c4C12CCN(C)C3C5.COC12CCC3(CC1C(C)(O)C(C)(C)C)C1Cc4ccc(O)c5c4C3(CCN1CC1CC1)C2O5. The fraction of sp³-hybridized carbons (Fsp3) is 0.667. The number of likely N-dealkylation sites (tertiary alicyclic amines) is 5. The number of benzene rings is 6. The summed E-state index contributed by atoms with van der Waals surface area (Å²) in [5.41, 5.74) is 11.5. The number of hydrogen-bond acceptors (Lipinski definition) is 19. The van der Waals surface area contributed by atoms with Crippen molar-refractivity contribution in [1.29, 1.82) is 0 Å². The number of aliphatic hydroxyl groups is 3. The Labute approximate surface area is 828 Å². The third kappa shape index (κ3) is 13.2. The Morgan fingerprint density at radius 1 is 0.475 bits per heavy atom. The van der Waals surface area contributed by atoms with Crippen LogP contribution in [0.1, 0.15) is 274 Å². The third-order valence-corrected chi connectivity index (χ3v) is 44.0. The number of phenols is 5. The van der Waals surface area contributed by atoms with E-state index in [1.165, 1.54) is 99.0 Å². The Morgan fingerprint density at radius 3 is 1.46 bits per heavy atom. The van der Waals surface area contributed by atoms with Crippen molar-refractivity contribution >= 4 is 0 Å². The van der Waals surface area contributed by atoms with Gasteiger partial charge in [-0.2, -0.15) is 0 Å². The molecule has 19 nitrogen and oxygen atoms in total. The lowest BCUT2D eigenvalue weighted by Gasteiger charge is -2.75. The van der Waals surface area contributed by atoms with E-state index in [1.807, 2.05) is 71.4 Å². The van der Waals surface area contributed by atoms with Crippen LogP contribution in [0, 0.1) is 57.2 Å². The van der Waals surface area contributed by atoms with E-state index >= 15 is 0 Å². The molecule has 8 aliphatic heterocycles. The Balaban J connectivity index is 0.000000101. The second-order valence-electron chi connectivity index (χ2n) is 50.7. The summed E-state index contributed by atoms with van der Waals surface area (Å²) < 4.78 is 39.7. The number of methoxy groups -OCH3 is 3. The van der Waals surface area contributed by atoms with E-state index in [2.05, 4.69) is 194 Å². The van der Waals surface area contributed by atoms with Crippen LogP contribution in [0.5, 0.6) is 46.0 Å². The van der Waals surface area contributed by atoms with Crippen molar-refractivity contribution in [2.24, 2.45) is 57.2 Å². The summed E-state index contributed by atoms with van der Waals surface area (Å²) in [6.45, 7) is 39.6. The molecule has 0 amide bonds. The van der Waals surface area contributed by atoms with Crippen LogP contribution in [0.2, 0.25) is 0 Å². The predicted octanol–water partition coefficient (Wildman–Crippen LogP) is 19.0. The van der Waals surface area contributed by atoms with Gasteiger partial charge in [0.1, 0.15) is 46.6 Å². The van der Waals surface area contributed by atoms with E-state index in [0.717, 1.165) is 180 Å². The van der Waals surface area contributed by atoms with Gasteiger partial charge >= 0.3 is 0 Å². The van der Waals surface area contributed by atoms with Crippen molar-refractivity contribution in [2.75, 3.05) is 87.8 Å². The molecule has 6 aromatic carbocycles. The minimum Gasteiger partial charge on any atom is -0.508 e. The summed E-state index contributed by atoms with van der Waals surface area (Å²) in [6, 6.07) is 37.1. The first-order valence-electron chi connectivity index (χ1n) is 54.1. The molecule has 19 heteroatoms. The lowest BCUT2D eigenvalue weighted by atomic mass is 9.33. The van der Waals surface area contributed by atoms with Gasteiger partial charge in [-0.25, -0.2) is 0 Å². The van der Waals surface area contributed by atoms with Gasteiger partial charge in [0.15, 0.2) is 34.5 Å². The number of allylic oxidation sites excluding steroid dienone is 1. The Bertz CT molecular complexity index is 5830. The molecule has 6 spiro atoms. The van der Waals surface area contributed by atoms with E-state index in [-0.39, 0.29) is 102 Å². The number of ether oxygens (including phenoxy) is 6. The maximum absolute atomic E-state index is 12.2. The average Bonchev–Trinajstić information content (AvgIpc) is 1.50. The van der Waals surface area contributed by atoms with Crippen molar-refractivity contribution in [3.8, 4) is 46.0 Å². The van der Waals surface area contributed by atoms with E-state index in [1.54, 1.807) is 13.2 Å². The summed E-state index contributed by atoms with van der Waals surface area (Å²) in [4.78, 5) is 13.2. The minimum atomic E-state index is -0.909. The molecule has 8 saturated carbocycles. The highest BCUT2D eigenvalue weighted by Gasteiger charge is 2.86. The zero-order valence-corrected chi connectivity index (χ0v) is 87.0. The third-order valence-electron chi connectivity index (χ3n) is 44.0. The minimum absolute atomic E-state index is 0.0221. The second-order valence-corrected chi connectivity index (χ2v) is 50.7. The van der Waals surface area contributed by atoms with Crippen molar-refractivity contribution < 1.29 is 69.3 Å². The van der Waals surface area contributed by atoms with Crippen LogP contribution in [0.3, 0.4) is 0 Å². The molecule has 16 bridgehead atoms. The molecule has 29 rings (SSSR count). The zero-order chi connectivity index (χ0) is 98.0. The second kappa shape index (κ2) is 33.1. The quantitative estimate of drug-likeness (QED) is 0.0397. The molecule has 0 radical (unpaired) electrons. The van der Waals surface area contributed by atoms with Crippen LogP contribution in [0.25, 0.3) is 0 Å². The Morgan fingerprint density at radius 2 is 0.935 bits per heavy atom. The Hall–Kier alpha value is -7.24. The largest absolute Gasteiger partial charge is 0.508 e. The number of phenolic OH excluding ortho intramolecular Hbond substituents is 5. The number of rotatable bonds is 17. The summed E-state index contributed by atoms with van der Waals surface area (Å²) in [5.74, 6) is 5.67. The first kappa shape index (κ1) is 96.5. The molecule has 6 aromatic rings. The van der Waals surface area contributed by atoms with Gasteiger partial charge < -0.3 is 79.1 Å². The summed E-state index contributed by atoms with van der Waals surface area (Å²) in [6.07, 6.45) is 31.1. The molecule has 8 heterocycles. The van der Waals surface area contributed by atoms with Gasteiger partial charge in [-0.3, -0.25) is 14.7 Å². The summed E-state index contributed by atoms with van der Waals surface area (Å²) in [5, 5.41) is 87.9. The molecule has 27 atom stereocenters. The van der Waals surface area contributed by atoms with Gasteiger partial charge in [-0.05, 0) is 344 Å². The zero-order valence-electron chi connectivity index (χ0n) is 87.0. The highest BCUT2D eigenvalue weighted by Crippen LogP contribution is 2.82. The van der Waals surface area contributed by atoms with Crippen molar-refractivity contribution in [3.05, 3.63) is 188 Å². The number of fused-ring (bicyclic) bond motifs is 13. The molecule has 15 aliphatic carbocycles. The van der Waals surface area contributed by atoms with Crippen molar-refractivity contribution in [1.82, 2.24) is 24.5 Å². The lowest BCUT2D eigenvalue weighted by Crippen LogP contribution is -2.83. The van der Waals surface area contributed by atoms with Crippen molar-refractivity contribution in [3.63, 3.8) is 0 Å². The van der Waals surface area contributed by atoms with Gasteiger partial charge in [0.25, 0.3) is 0 Å². The maximum Gasteiger partial charge on any atom is 0.165 e. The first-order chi connectivity index (χ1) is 66.1. The van der Waals surface area contributed by atoms with Crippen LogP contribution in [-0.2, 0) is 79.8 Å². The molecule has 8 N–H and O–H groups in total. The van der Waals surface area contributed by atoms with Gasteiger partial charge in [0.05, 0.1) is 22.2 Å². The van der Waals surface area contributed by atoms with Crippen LogP contribution in [0.15, 0.2) is 127 Å². The number of likely N-dealkylation sites (N-methyl/N-ethyl adjacent to an activating group) is 2. The molecule has 23 aliphatic rings. The van der Waals surface area contributed by atoms with Crippen LogP contribution >= 0.6 is 0 Å². The maximum atomic E-state index is 12.2. The van der Waals surface area contributed by atoms with Gasteiger partial charge in [-0.1, -0.05) is 160 Å². The molecular weight excluding hydrogens is 1740 g/mol. The fourth-order valence-corrected chi connectivity index (χ4v) is 36.2. The van der Waals surface area contributed by atoms with Crippen LogP contribution < -0.4 is 14.2 Å². The molecule has 5 saturated heterocycles. The summed E-state index contributed by atoms with van der Waals surface area (Å²) >= 11 is 0. The summed E-state index contributed by atoms with van der Waals surface area (Å²) in [7, 11) is 9.91. The molecular formula is C120H163N5O14. The smallest absolute Gasteiger partial charge is 0.165 e. The number of nitrogens with zero attached hydrogens (tertiary/aromatic N) is 5. The monoisotopic (exact) mass is 1900 g/mol. The highest BCUT2D eigenvalue weighted by molar-refractivity contribution is 5.68. The fourth-order valence-electron chi connectivity index (χ4n) is 36.2. The van der Waals surface area contributed by atoms with Gasteiger partial charge in [0, 0.05) is 133 Å². The molecule has 752 valence electrons. The van der Waals surface area contributed by atoms with Gasteiger partial charge in [-0.15, -0.1) is 0 Å². The van der Waals surface area contributed by atoms with Crippen LogP contribution in [-0.4, -0.2) is 235 Å². The Kier molecular flexibility index (Phi) is 23.0. The first-order valence-corrected chi connectivity index (χ1v) is 54.1. The van der Waals surface area contributed by atoms with Crippen LogP contribution in [0.4, 0.5) is 0 Å². The van der Waals surface area contributed by atoms with Gasteiger partial charge in [0.2, 0.25) is 0 Å². The number of hydrogen-bond donors (Lipinski definition) is 8. The average molecular weight is 1900 g/mol. The van der Waals surface area contributed by atoms with E-state index in [0.29, 0.717) is 70.8 Å².